The highest BCUT2D eigenvalue weighted by Crippen LogP contribution is 2.37. The second kappa shape index (κ2) is 11.7. The maximum absolute atomic E-state index is 13.4. The van der Waals surface area contributed by atoms with Gasteiger partial charge < -0.3 is 4.74 Å². The SMILES string of the molecule is CCCC1(OC(=O)N(CCc2ccccc2)[N+](=O)OC2(CC)CCCCC2)CCCCC1. The molecule has 0 N–H and O–H groups in total. The zero-order valence-electron chi connectivity index (χ0n) is 20.0. The molecule has 3 rings (SSSR count). The number of hydrazine groups is 1. The van der Waals surface area contributed by atoms with E-state index in [1.807, 2.05) is 30.3 Å². The van der Waals surface area contributed by atoms with E-state index in [0.717, 1.165) is 81.2 Å². The molecule has 1 aromatic rings. The average Bonchev–Trinajstić information content (AvgIpc) is 2.81. The molecule has 0 bridgehead atoms. The number of rotatable bonds is 10. The van der Waals surface area contributed by atoms with E-state index in [-0.39, 0.29) is 6.54 Å². The van der Waals surface area contributed by atoms with Gasteiger partial charge in [0, 0.05) is 5.01 Å². The number of hydrogen-bond donors (Lipinski definition) is 0. The summed E-state index contributed by atoms with van der Waals surface area (Å²) in [6.45, 7) is 4.41. The molecule has 0 atom stereocenters. The fourth-order valence-electron chi connectivity index (χ4n) is 5.33. The first-order valence-corrected chi connectivity index (χ1v) is 12.7. The summed E-state index contributed by atoms with van der Waals surface area (Å²) in [7, 11) is 0. The molecule has 0 radical (unpaired) electrons. The van der Waals surface area contributed by atoms with Gasteiger partial charge in [0.25, 0.3) is 0 Å². The van der Waals surface area contributed by atoms with Crippen LogP contribution in [0.3, 0.4) is 0 Å². The van der Waals surface area contributed by atoms with E-state index in [9.17, 15) is 9.70 Å². The Hall–Kier alpha value is -2.11. The molecule has 0 spiro atoms. The van der Waals surface area contributed by atoms with Crippen LogP contribution in [0.4, 0.5) is 4.79 Å². The number of amides is 1. The molecule has 0 heterocycles. The predicted octanol–water partition coefficient (Wildman–Crippen LogP) is 6.91. The number of carbonyl (C=O) groups is 1. The fraction of sp³-hybridized carbons (Fsp3) is 0.731. The summed E-state index contributed by atoms with van der Waals surface area (Å²) in [5, 5.41) is 1.59. The Morgan fingerprint density at radius 3 is 2.09 bits per heavy atom. The second-order valence-corrected chi connectivity index (χ2v) is 9.65. The van der Waals surface area contributed by atoms with Crippen molar-refractivity contribution in [3.05, 3.63) is 40.8 Å². The van der Waals surface area contributed by atoms with Gasteiger partial charge in [0.15, 0.2) is 5.60 Å². The molecular weight excluding hydrogens is 404 g/mol. The maximum atomic E-state index is 13.4. The minimum Gasteiger partial charge on any atom is -0.439 e. The van der Waals surface area contributed by atoms with Crippen LogP contribution in [-0.2, 0) is 16.0 Å². The van der Waals surface area contributed by atoms with Gasteiger partial charge >= 0.3 is 11.1 Å². The van der Waals surface area contributed by atoms with E-state index < -0.39 is 17.3 Å². The van der Waals surface area contributed by atoms with E-state index >= 15 is 0 Å². The Morgan fingerprint density at radius 2 is 1.53 bits per heavy atom. The van der Waals surface area contributed by atoms with Gasteiger partial charge in [-0.25, -0.2) is 4.79 Å². The molecule has 6 heteroatoms. The maximum Gasteiger partial charge on any atom is 0.471 e. The average molecular weight is 446 g/mol. The predicted molar refractivity (Wildman–Crippen MR) is 125 cm³/mol. The van der Waals surface area contributed by atoms with E-state index in [0.29, 0.717) is 11.5 Å². The molecule has 2 fully saturated rings. The van der Waals surface area contributed by atoms with Crippen LogP contribution in [0.1, 0.15) is 103 Å². The first-order valence-electron chi connectivity index (χ1n) is 12.7. The minimum atomic E-state index is -0.576. The molecular formula is C26H41N2O4+. The Balaban J connectivity index is 1.75. The highest BCUT2D eigenvalue weighted by Gasteiger charge is 2.46. The minimum absolute atomic E-state index is 0.231. The largest absolute Gasteiger partial charge is 0.471 e. The normalized spacial score (nSPS) is 19.7. The lowest BCUT2D eigenvalue weighted by Gasteiger charge is -2.37. The van der Waals surface area contributed by atoms with Crippen LogP contribution < -0.4 is 0 Å². The van der Waals surface area contributed by atoms with Crippen molar-refractivity contribution >= 4 is 6.09 Å². The van der Waals surface area contributed by atoms with E-state index in [1.54, 1.807) is 0 Å². The summed E-state index contributed by atoms with van der Waals surface area (Å²) >= 11 is 0. The molecule has 0 aromatic heterocycles. The van der Waals surface area contributed by atoms with Crippen LogP contribution in [0.5, 0.6) is 0 Å². The van der Waals surface area contributed by atoms with E-state index in [1.165, 1.54) is 12.8 Å². The van der Waals surface area contributed by atoms with Crippen molar-refractivity contribution < 1.29 is 19.4 Å². The van der Waals surface area contributed by atoms with Gasteiger partial charge in [-0.05, 0) is 76.2 Å². The molecule has 178 valence electrons. The van der Waals surface area contributed by atoms with Crippen LogP contribution >= 0.6 is 0 Å². The summed E-state index contributed by atoms with van der Waals surface area (Å²) < 4.78 is 6.11. The summed E-state index contributed by atoms with van der Waals surface area (Å²) in [5.41, 5.74) is 0.128. The molecule has 6 nitrogen and oxygen atoms in total. The van der Waals surface area contributed by atoms with Crippen molar-refractivity contribution in [1.82, 2.24) is 5.01 Å². The van der Waals surface area contributed by atoms with E-state index in [2.05, 4.69) is 13.8 Å². The van der Waals surface area contributed by atoms with Crippen molar-refractivity contribution in [3.8, 4) is 0 Å². The zero-order valence-corrected chi connectivity index (χ0v) is 20.0. The van der Waals surface area contributed by atoms with Gasteiger partial charge in [0.05, 0.1) is 6.54 Å². The monoisotopic (exact) mass is 445 g/mol. The zero-order chi connectivity index (χ0) is 22.9. The van der Waals surface area contributed by atoms with Crippen molar-refractivity contribution in [3.63, 3.8) is 0 Å². The lowest BCUT2D eigenvalue weighted by Crippen LogP contribution is -2.49. The van der Waals surface area contributed by atoms with Crippen LogP contribution in [0.15, 0.2) is 30.3 Å². The van der Waals surface area contributed by atoms with Gasteiger partial charge in [-0.2, -0.15) is 4.84 Å². The fourth-order valence-corrected chi connectivity index (χ4v) is 5.33. The lowest BCUT2D eigenvalue weighted by molar-refractivity contribution is -0.914. The number of nitrogens with zero attached hydrogens (tertiary/aromatic N) is 2. The summed E-state index contributed by atoms with van der Waals surface area (Å²) in [6.07, 6.45) is 12.6. The van der Waals surface area contributed by atoms with Gasteiger partial charge in [-0.15, -0.1) is 0 Å². The highest BCUT2D eigenvalue weighted by atomic mass is 16.8. The van der Waals surface area contributed by atoms with Crippen LogP contribution in [0.2, 0.25) is 0 Å². The van der Waals surface area contributed by atoms with Gasteiger partial charge in [-0.1, -0.05) is 63.4 Å². The van der Waals surface area contributed by atoms with E-state index in [4.69, 9.17) is 9.57 Å². The van der Waals surface area contributed by atoms with Gasteiger partial charge in [-0.3, -0.25) is 0 Å². The Bertz CT molecular complexity index is 719. The Morgan fingerprint density at radius 1 is 0.938 bits per heavy atom. The molecule has 32 heavy (non-hydrogen) atoms. The molecule has 1 aromatic carbocycles. The molecule has 0 unspecified atom stereocenters. The standard InChI is InChI=1S/C26H41N2O4/c1-3-17-26(20-12-7-13-21-26)31-24(29)27(22-16-23-14-8-5-9-15-23)28(30)32-25(4-2)18-10-6-11-19-25/h5,8-9,14-15H,3-4,6-7,10-13,16-22H2,1-2H3/q+1. The van der Waals surface area contributed by atoms with Crippen molar-refractivity contribution in [1.29, 1.82) is 0 Å². The first-order chi connectivity index (χ1) is 15.5. The molecule has 0 saturated heterocycles. The molecule has 2 saturated carbocycles. The smallest absolute Gasteiger partial charge is 0.439 e. The molecule has 0 aliphatic heterocycles. The number of hydrogen-bond acceptors (Lipinski definition) is 4. The molecule has 2 aliphatic carbocycles. The van der Waals surface area contributed by atoms with Crippen molar-refractivity contribution in [2.75, 3.05) is 6.54 Å². The third-order valence-corrected chi connectivity index (χ3v) is 7.32. The lowest BCUT2D eigenvalue weighted by atomic mass is 9.81. The Kier molecular flexibility index (Phi) is 8.94. The number of carbonyl (C=O) groups excluding carboxylic acids is 1. The van der Waals surface area contributed by atoms with Crippen LogP contribution in [0, 0.1) is 4.91 Å². The summed E-state index contributed by atoms with van der Waals surface area (Å²) in [5.74, 6) is 0. The quantitative estimate of drug-likeness (QED) is 0.367. The first kappa shape index (κ1) is 24.5. The van der Waals surface area contributed by atoms with Crippen LogP contribution in [-0.4, -0.2) is 33.9 Å². The van der Waals surface area contributed by atoms with Crippen LogP contribution in [0.25, 0.3) is 0 Å². The third-order valence-electron chi connectivity index (χ3n) is 7.32. The highest BCUT2D eigenvalue weighted by molar-refractivity contribution is 5.66. The number of ether oxygens (including phenoxy) is 1. The van der Waals surface area contributed by atoms with Gasteiger partial charge in [0.1, 0.15) is 10.5 Å². The second-order valence-electron chi connectivity index (χ2n) is 9.65. The van der Waals surface area contributed by atoms with Crippen molar-refractivity contribution in [2.45, 2.75) is 115 Å². The third kappa shape index (κ3) is 6.46. The summed E-state index contributed by atoms with van der Waals surface area (Å²) in [4.78, 5) is 32.6. The topological polar surface area (TPSA) is 58.8 Å². The van der Waals surface area contributed by atoms with Crippen molar-refractivity contribution in [2.24, 2.45) is 0 Å². The van der Waals surface area contributed by atoms with Gasteiger partial charge in [0.2, 0.25) is 0 Å². The summed E-state index contributed by atoms with van der Waals surface area (Å²) in [6, 6.07) is 9.91. The number of benzene rings is 1. The molecule has 2 aliphatic rings. The Labute approximate surface area is 193 Å². The molecule has 1 amide bonds.